The predicted octanol–water partition coefficient (Wildman–Crippen LogP) is 4.18. The van der Waals surface area contributed by atoms with Gasteiger partial charge in [0.05, 0.1) is 17.2 Å². The molecule has 12 nitrogen and oxygen atoms in total. The van der Waals surface area contributed by atoms with Crippen LogP contribution in [-0.4, -0.2) is 102 Å². The normalized spacial score (nSPS) is 18.6. The average Bonchev–Trinajstić information content (AvgIpc) is 3.21. The summed E-state index contributed by atoms with van der Waals surface area (Å²) < 4.78 is 95.0. The highest BCUT2D eigenvalue weighted by molar-refractivity contribution is 6.16. The molecule has 2 aromatic rings. The second-order valence-electron chi connectivity index (χ2n) is 12.8. The van der Waals surface area contributed by atoms with Crippen molar-refractivity contribution < 1.29 is 59.5 Å². The molecule has 0 unspecified atom stereocenters. The summed E-state index contributed by atoms with van der Waals surface area (Å²) in [5.74, 6) is -9.35. The number of imide groups is 1. The van der Waals surface area contributed by atoms with Crippen LogP contribution in [0.25, 0.3) is 0 Å². The van der Waals surface area contributed by atoms with E-state index in [1.807, 2.05) is 0 Å². The summed E-state index contributed by atoms with van der Waals surface area (Å²) in [6.45, 7) is 3.50. The maximum absolute atomic E-state index is 14.8. The first-order valence-corrected chi connectivity index (χ1v) is 15.7. The number of carbonyl (C=O) groups is 5. The van der Waals surface area contributed by atoms with E-state index in [0.29, 0.717) is 11.8 Å². The third-order valence-electron chi connectivity index (χ3n) is 9.06. The zero-order valence-electron chi connectivity index (χ0n) is 27.4. The SMILES string of the molecule is CC(C)[C@H](C(=O)N1CCC2(CC1)C(=O)N(C)C(=O)N2c1ccc(NC2CNC2)cc1)N(OC(=O)C(F)(F)F)C(=O)c1cc(C(F)(F)F)ccc1F. The number of likely N-dealkylation sites (N-methyl/N-ethyl adjacent to an activating group) is 1. The van der Waals surface area contributed by atoms with Gasteiger partial charge >= 0.3 is 24.4 Å². The molecule has 1 spiro atoms. The molecule has 3 saturated heterocycles. The highest BCUT2D eigenvalue weighted by Crippen LogP contribution is 2.41. The van der Waals surface area contributed by atoms with Gasteiger partial charge in [-0.05, 0) is 61.2 Å². The van der Waals surface area contributed by atoms with E-state index < -0.39 is 76.5 Å². The van der Waals surface area contributed by atoms with E-state index in [2.05, 4.69) is 15.5 Å². The number of amides is 5. The molecule has 1 atom stereocenters. The summed E-state index contributed by atoms with van der Waals surface area (Å²) >= 11 is 0. The van der Waals surface area contributed by atoms with Gasteiger partial charge in [-0.3, -0.25) is 24.2 Å². The molecule has 2 N–H and O–H groups in total. The molecule has 5 rings (SSSR count). The third kappa shape index (κ3) is 7.15. The second kappa shape index (κ2) is 13.6. The smallest absolute Gasteiger partial charge is 0.380 e. The Labute approximate surface area is 286 Å². The fourth-order valence-electron chi connectivity index (χ4n) is 6.25. The Bertz CT molecular complexity index is 1710. The Morgan fingerprint density at radius 1 is 0.980 bits per heavy atom. The van der Waals surface area contributed by atoms with Gasteiger partial charge in [-0.15, -0.1) is 0 Å². The van der Waals surface area contributed by atoms with Crippen LogP contribution in [0, 0.1) is 11.7 Å². The molecule has 2 aromatic carbocycles. The van der Waals surface area contributed by atoms with Crippen LogP contribution in [0.4, 0.5) is 46.9 Å². The number of halogens is 7. The summed E-state index contributed by atoms with van der Waals surface area (Å²) in [5.41, 5.74) is -3.25. The first-order chi connectivity index (χ1) is 23.8. The first-order valence-electron chi connectivity index (χ1n) is 15.7. The molecule has 5 amide bonds. The van der Waals surface area contributed by atoms with E-state index in [1.165, 1.54) is 25.8 Å². The lowest BCUT2D eigenvalue weighted by Crippen LogP contribution is -2.61. The minimum absolute atomic E-state index is 0.0273. The summed E-state index contributed by atoms with van der Waals surface area (Å²) in [6.07, 6.45) is -11.1. The Kier molecular flexibility index (Phi) is 9.99. The fourth-order valence-corrected chi connectivity index (χ4v) is 6.25. The number of piperidine rings is 1. The largest absolute Gasteiger partial charge is 0.493 e. The molecule has 3 aliphatic heterocycles. The van der Waals surface area contributed by atoms with E-state index >= 15 is 0 Å². The Morgan fingerprint density at radius 3 is 2.10 bits per heavy atom. The van der Waals surface area contributed by atoms with Gasteiger partial charge in [0, 0.05) is 44.6 Å². The van der Waals surface area contributed by atoms with Crippen LogP contribution in [0.15, 0.2) is 42.5 Å². The van der Waals surface area contributed by atoms with Crippen LogP contribution >= 0.6 is 0 Å². The molecule has 3 fully saturated rings. The molecule has 3 aliphatic rings. The van der Waals surface area contributed by atoms with E-state index in [1.54, 1.807) is 24.3 Å². The second-order valence-corrected chi connectivity index (χ2v) is 12.8. The van der Waals surface area contributed by atoms with Crippen molar-refractivity contribution in [2.45, 2.75) is 56.7 Å². The summed E-state index contributed by atoms with van der Waals surface area (Å²) in [6, 6.07) is 4.87. The predicted molar refractivity (Wildman–Crippen MR) is 164 cm³/mol. The average molecular weight is 731 g/mol. The first kappa shape index (κ1) is 37.3. The maximum Gasteiger partial charge on any atom is 0.493 e. The number of urea groups is 1. The topological polar surface area (TPSA) is 132 Å². The minimum Gasteiger partial charge on any atom is -0.380 e. The van der Waals surface area contributed by atoms with Crippen molar-refractivity contribution in [2.24, 2.45) is 5.92 Å². The number of alkyl halides is 6. The van der Waals surface area contributed by atoms with E-state index in [-0.39, 0.29) is 49.2 Å². The highest BCUT2D eigenvalue weighted by Gasteiger charge is 2.58. The van der Waals surface area contributed by atoms with Gasteiger partial charge in [0.25, 0.3) is 11.8 Å². The Balaban J connectivity index is 1.42. The zero-order valence-corrected chi connectivity index (χ0v) is 27.4. The van der Waals surface area contributed by atoms with Crippen LogP contribution in [0.2, 0.25) is 0 Å². The number of benzene rings is 2. The Morgan fingerprint density at radius 2 is 1.59 bits per heavy atom. The lowest BCUT2D eigenvalue weighted by atomic mass is 9.85. The molecular formula is C32H33F7N6O6. The van der Waals surface area contributed by atoms with Gasteiger partial charge in [0.15, 0.2) is 6.04 Å². The van der Waals surface area contributed by atoms with E-state index in [4.69, 9.17) is 0 Å². The van der Waals surface area contributed by atoms with Crippen molar-refractivity contribution in [2.75, 3.05) is 43.4 Å². The maximum atomic E-state index is 14.8. The molecule has 0 aromatic heterocycles. The number of nitrogens with zero attached hydrogens (tertiary/aromatic N) is 4. The number of carbonyl (C=O) groups excluding carboxylic acids is 5. The molecule has 0 radical (unpaired) electrons. The molecule has 51 heavy (non-hydrogen) atoms. The van der Waals surface area contributed by atoms with Gasteiger partial charge < -0.3 is 20.4 Å². The molecule has 0 saturated carbocycles. The lowest BCUT2D eigenvalue weighted by molar-refractivity contribution is -0.236. The zero-order chi connectivity index (χ0) is 37.6. The Hall–Kier alpha value is -4.94. The summed E-state index contributed by atoms with van der Waals surface area (Å²) in [4.78, 5) is 73.9. The van der Waals surface area contributed by atoms with E-state index in [9.17, 15) is 54.7 Å². The minimum atomic E-state index is -5.72. The van der Waals surface area contributed by atoms with Gasteiger partial charge in [-0.2, -0.15) is 31.4 Å². The van der Waals surface area contributed by atoms with E-state index in [0.717, 1.165) is 28.6 Å². The van der Waals surface area contributed by atoms with Gasteiger partial charge in [-0.1, -0.05) is 13.8 Å². The summed E-state index contributed by atoms with van der Waals surface area (Å²) in [5, 5.41) is 6.09. The highest BCUT2D eigenvalue weighted by atomic mass is 19.4. The van der Waals surface area contributed by atoms with Crippen LogP contribution in [-0.2, 0) is 25.4 Å². The van der Waals surface area contributed by atoms with Crippen molar-refractivity contribution in [3.63, 3.8) is 0 Å². The van der Waals surface area contributed by atoms with Crippen molar-refractivity contribution in [1.29, 1.82) is 0 Å². The number of hydrogen-bond donors (Lipinski definition) is 2. The van der Waals surface area contributed by atoms with Gasteiger partial charge in [-0.25, -0.2) is 14.0 Å². The van der Waals surface area contributed by atoms with Crippen molar-refractivity contribution in [3.05, 3.63) is 59.4 Å². The fraction of sp³-hybridized carbons (Fsp3) is 0.469. The molecule has 19 heteroatoms. The molecule has 0 bridgehead atoms. The van der Waals surface area contributed by atoms with Crippen LogP contribution in [0.3, 0.4) is 0 Å². The quantitative estimate of drug-likeness (QED) is 0.247. The number of likely N-dealkylation sites (tertiary alicyclic amines) is 1. The number of nitrogens with one attached hydrogen (secondary N) is 2. The molecular weight excluding hydrogens is 697 g/mol. The lowest BCUT2D eigenvalue weighted by Gasteiger charge is -2.44. The van der Waals surface area contributed by atoms with Crippen molar-refractivity contribution in [3.8, 4) is 0 Å². The molecule has 0 aliphatic carbocycles. The standard InChI is InChI=1S/C32H33F7N6O6/c1-17(2)24(45(51-28(49)32(37,38)39)25(46)22-14-18(31(34,35)36)4-9-23(22)33)26(47)43-12-10-30(11-13-43)27(48)42(3)29(50)44(30)21-7-5-19(6-8-21)41-20-15-40-16-20/h4-9,14,17,20,24,40-41H,10-13,15-16H2,1-3H3/t24-/m1/s1. The van der Waals surface area contributed by atoms with Crippen molar-refractivity contribution in [1.82, 2.24) is 20.2 Å². The summed E-state index contributed by atoms with van der Waals surface area (Å²) in [7, 11) is 1.30. The number of anilines is 2. The monoisotopic (exact) mass is 730 g/mol. The van der Waals surface area contributed by atoms with Gasteiger partial charge in [0.1, 0.15) is 11.4 Å². The van der Waals surface area contributed by atoms with Gasteiger partial charge in [0.2, 0.25) is 5.91 Å². The molecule has 3 heterocycles. The van der Waals surface area contributed by atoms with Crippen LogP contribution < -0.4 is 15.5 Å². The van der Waals surface area contributed by atoms with Crippen molar-refractivity contribution >= 4 is 41.1 Å². The number of rotatable bonds is 7. The van der Waals surface area contributed by atoms with Crippen LogP contribution in [0.5, 0.6) is 0 Å². The molecule has 276 valence electrons. The third-order valence-corrected chi connectivity index (χ3v) is 9.06. The number of hydroxylamine groups is 2. The van der Waals surface area contributed by atoms with Crippen LogP contribution in [0.1, 0.15) is 42.6 Å². The number of hydrogen-bond acceptors (Lipinski definition) is 8.